The zero-order valence-electron chi connectivity index (χ0n) is 13.7. The number of ketones is 1. The number of phenols is 1. The zero-order chi connectivity index (χ0) is 17.7. The Labute approximate surface area is 140 Å². The Morgan fingerprint density at radius 2 is 1.54 bits per heavy atom. The van der Waals surface area contributed by atoms with Gasteiger partial charge in [-0.2, -0.15) is 0 Å². The van der Waals surface area contributed by atoms with Crippen LogP contribution < -0.4 is 9.47 Å². The Morgan fingerprint density at radius 1 is 0.958 bits per heavy atom. The molecule has 2 aromatic carbocycles. The summed E-state index contributed by atoms with van der Waals surface area (Å²) in [6.07, 6.45) is -2.34. The largest absolute Gasteiger partial charge is 0.507 e. The molecule has 0 saturated carbocycles. The van der Waals surface area contributed by atoms with Gasteiger partial charge in [-0.1, -0.05) is 12.1 Å². The number of Topliss-reactive ketones (excluding diaryl/α,β-unsaturated/α-hetero) is 1. The number of ether oxygens (including phenoxy) is 3. The summed E-state index contributed by atoms with van der Waals surface area (Å²) in [5.74, 6) is 0.167. The molecule has 2 unspecified atom stereocenters. The van der Waals surface area contributed by atoms with Gasteiger partial charge in [-0.15, -0.1) is 0 Å². The highest BCUT2D eigenvalue weighted by molar-refractivity contribution is 6.02. The summed E-state index contributed by atoms with van der Waals surface area (Å²) in [6, 6.07) is 11.1. The number of benzene rings is 2. The summed E-state index contributed by atoms with van der Waals surface area (Å²) >= 11 is 0. The number of aliphatic hydroxyl groups is 1. The number of rotatable bonds is 7. The van der Waals surface area contributed by atoms with Gasteiger partial charge in [-0.3, -0.25) is 4.79 Å². The van der Waals surface area contributed by atoms with Crippen LogP contribution in [0.25, 0.3) is 0 Å². The van der Waals surface area contributed by atoms with E-state index >= 15 is 0 Å². The lowest BCUT2D eigenvalue weighted by Crippen LogP contribution is -2.29. The number of phenolic OH excluding ortho intramolecular Hbond substituents is 1. The third-order valence-electron chi connectivity index (χ3n) is 3.72. The van der Waals surface area contributed by atoms with Crippen molar-refractivity contribution in [1.82, 2.24) is 0 Å². The van der Waals surface area contributed by atoms with Crippen molar-refractivity contribution in [1.29, 1.82) is 0 Å². The van der Waals surface area contributed by atoms with Crippen LogP contribution >= 0.6 is 0 Å². The molecule has 2 rings (SSSR count). The normalized spacial score (nSPS) is 13.2. The van der Waals surface area contributed by atoms with Crippen molar-refractivity contribution in [2.75, 3.05) is 21.3 Å². The van der Waals surface area contributed by atoms with Gasteiger partial charge in [0.05, 0.1) is 19.8 Å². The second-order valence-corrected chi connectivity index (χ2v) is 5.12. The summed E-state index contributed by atoms with van der Waals surface area (Å²) < 4.78 is 15.3. The van der Waals surface area contributed by atoms with E-state index in [2.05, 4.69) is 0 Å². The lowest BCUT2D eigenvalue weighted by molar-refractivity contribution is -0.00444. The highest BCUT2D eigenvalue weighted by Gasteiger charge is 2.30. The fourth-order valence-corrected chi connectivity index (χ4v) is 2.38. The number of hydrogen-bond donors (Lipinski definition) is 2. The van der Waals surface area contributed by atoms with Crippen molar-refractivity contribution in [2.45, 2.75) is 12.2 Å². The van der Waals surface area contributed by atoms with Gasteiger partial charge in [-0.25, -0.2) is 0 Å². The fourth-order valence-electron chi connectivity index (χ4n) is 2.38. The van der Waals surface area contributed by atoms with Gasteiger partial charge in [0.15, 0.2) is 5.78 Å². The van der Waals surface area contributed by atoms with Gasteiger partial charge in [-0.05, 0) is 29.8 Å². The van der Waals surface area contributed by atoms with Crippen molar-refractivity contribution in [3.05, 3.63) is 53.6 Å². The molecular formula is C18H20O6. The summed E-state index contributed by atoms with van der Waals surface area (Å²) in [5.41, 5.74) is 0.617. The van der Waals surface area contributed by atoms with Crippen molar-refractivity contribution < 1.29 is 29.2 Å². The van der Waals surface area contributed by atoms with Gasteiger partial charge in [0, 0.05) is 13.2 Å². The Hall–Kier alpha value is -2.57. The van der Waals surface area contributed by atoms with Crippen LogP contribution in [0.4, 0.5) is 0 Å². The molecule has 0 amide bonds. The smallest absolute Gasteiger partial charge is 0.198 e. The van der Waals surface area contributed by atoms with E-state index in [9.17, 15) is 15.0 Å². The molecule has 2 atom stereocenters. The highest BCUT2D eigenvalue weighted by atomic mass is 16.5. The first kappa shape index (κ1) is 17.8. The maximum absolute atomic E-state index is 12.5. The van der Waals surface area contributed by atoms with E-state index in [1.165, 1.54) is 32.4 Å². The van der Waals surface area contributed by atoms with Gasteiger partial charge < -0.3 is 24.4 Å². The summed E-state index contributed by atoms with van der Waals surface area (Å²) in [4.78, 5) is 12.5. The summed E-state index contributed by atoms with van der Waals surface area (Å²) in [7, 11) is 4.41. The van der Waals surface area contributed by atoms with Crippen LogP contribution in [0.15, 0.2) is 42.5 Å². The predicted octanol–water partition coefficient (Wildman–Crippen LogP) is 2.34. The minimum absolute atomic E-state index is 0.00105. The number of aromatic hydroxyl groups is 1. The third kappa shape index (κ3) is 3.67. The van der Waals surface area contributed by atoms with Crippen molar-refractivity contribution in [2.24, 2.45) is 0 Å². The van der Waals surface area contributed by atoms with Gasteiger partial charge in [0.25, 0.3) is 0 Å². The van der Waals surface area contributed by atoms with Crippen LogP contribution in [0.3, 0.4) is 0 Å². The molecule has 0 aliphatic rings. The summed E-state index contributed by atoms with van der Waals surface area (Å²) in [6.45, 7) is 0. The molecule has 0 radical (unpaired) electrons. The van der Waals surface area contributed by atoms with Crippen LogP contribution in [-0.2, 0) is 4.74 Å². The molecule has 0 bridgehead atoms. The van der Waals surface area contributed by atoms with E-state index in [4.69, 9.17) is 14.2 Å². The summed E-state index contributed by atoms with van der Waals surface area (Å²) in [5, 5.41) is 20.4. The molecule has 0 aliphatic carbocycles. The molecule has 0 heterocycles. The average molecular weight is 332 g/mol. The molecule has 0 aliphatic heterocycles. The van der Waals surface area contributed by atoms with Crippen LogP contribution in [0.5, 0.6) is 17.2 Å². The molecule has 6 heteroatoms. The van der Waals surface area contributed by atoms with E-state index in [1.54, 1.807) is 31.4 Å². The zero-order valence-corrected chi connectivity index (χ0v) is 13.7. The number of carbonyl (C=O) groups excluding carboxylic acids is 1. The molecule has 0 aromatic heterocycles. The van der Waals surface area contributed by atoms with E-state index in [1.807, 2.05) is 0 Å². The third-order valence-corrected chi connectivity index (χ3v) is 3.72. The van der Waals surface area contributed by atoms with Crippen LogP contribution in [0.1, 0.15) is 22.0 Å². The lowest BCUT2D eigenvalue weighted by Gasteiger charge is -2.21. The average Bonchev–Trinajstić information content (AvgIpc) is 2.62. The van der Waals surface area contributed by atoms with Crippen molar-refractivity contribution in [3.63, 3.8) is 0 Å². The Morgan fingerprint density at radius 3 is 2.04 bits per heavy atom. The van der Waals surface area contributed by atoms with E-state index in [-0.39, 0.29) is 11.3 Å². The lowest BCUT2D eigenvalue weighted by atomic mass is 9.96. The van der Waals surface area contributed by atoms with E-state index in [0.717, 1.165) is 0 Å². The Kier molecular flexibility index (Phi) is 5.78. The molecule has 0 spiro atoms. The number of carbonyl (C=O) groups is 1. The number of hydrogen-bond acceptors (Lipinski definition) is 6. The first-order chi connectivity index (χ1) is 11.5. The standard InChI is InChI=1S/C18H20O6/c1-22-12-6-4-11(5-7-12)18(24-3)17(21)16(20)14-9-8-13(23-2)10-15(14)19/h4-10,17-19,21H,1-3H3. The maximum Gasteiger partial charge on any atom is 0.198 e. The molecule has 2 aromatic rings. The van der Waals surface area contributed by atoms with Crippen LogP contribution in [0, 0.1) is 0 Å². The van der Waals surface area contributed by atoms with Gasteiger partial charge in [0.1, 0.15) is 29.5 Å². The monoisotopic (exact) mass is 332 g/mol. The van der Waals surface area contributed by atoms with Crippen molar-refractivity contribution >= 4 is 5.78 Å². The highest BCUT2D eigenvalue weighted by Crippen LogP contribution is 2.29. The van der Waals surface area contributed by atoms with Gasteiger partial charge >= 0.3 is 0 Å². The number of methoxy groups -OCH3 is 3. The van der Waals surface area contributed by atoms with Crippen molar-refractivity contribution in [3.8, 4) is 17.2 Å². The SMILES string of the molecule is COc1ccc(C(OC)C(O)C(=O)c2ccc(OC)cc2O)cc1. The molecular weight excluding hydrogens is 312 g/mol. The van der Waals surface area contributed by atoms with Gasteiger partial charge in [0.2, 0.25) is 0 Å². The molecule has 128 valence electrons. The molecule has 0 fully saturated rings. The molecule has 0 saturated heterocycles. The number of aliphatic hydroxyl groups excluding tert-OH is 1. The maximum atomic E-state index is 12.5. The first-order valence-electron chi connectivity index (χ1n) is 7.27. The minimum Gasteiger partial charge on any atom is -0.507 e. The Balaban J connectivity index is 2.26. The van der Waals surface area contributed by atoms with Crippen LogP contribution in [0.2, 0.25) is 0 Å². The predicted molar refractivity (Wildman–Crippen MR) is 87.7 cm³/mol. The van der Waals surface area contributed by atoms with Crippen LogP contribution in [-0.4, -0.2) is 43.4 Å². The topological polar surface area (TPSA) is 85.2 Å². The molecule has 24 heavy (non-hydrogen) atoms. The Bertz CT molecular complexity index is 695. The first-order valence-corrected chi connectivity index (χ1v) is 7.27. The second kappa shape index (κ2) is 7.81. The fraction of sp³-hybridized carbons (Fsp3) is 0.278. The molecule has 6 nitrogen and oxygen atoms in total. The van der Waals surface area contributed by atoms with E-state index in [0.29, 0.717) is 17.1 Å². The molecule has 2 N–H and O–H groups in total. The minimum atomic E-state index is -1.47. The quantitative estimate of drug-likeness (QED) is 0.757. The second-order valence-electron chi connectivity index (χ2n) is 5.12. The van der Waals surface area contributed by atoms with E-state index < -0.39 is 18.0 Å².